The summed E-state index contributed by atoms with van der Waals surface area (Å²) in [5.74, 6) is 0. The van der Waals surface area contributed by atoms with Crippen LogP contribution in [-0.4, -0.2) is 54.1 Å². The zero-order chi connectivity index (χ0) is 17.0. The fourth-order valence-electron chi connectivity index (χ4n) is 2.78. The van der Waals surface area contributed by atoms with Crippen molar-refractivity contribution in [2.75, 3.05) is 44.7 Å². The van der Waals surface area contributed by atoms with Gasteiger partial charge in [0.2, 0.25) is 0 Å². The molecule has 1 aromatic carbocycles. The highest BCUT2D eigenvalue weighted by Gasteiger charge is 2.17. The van der Waals surface area contributed by atoms with E-state index in [1.165, 1.54) is 0 Å². The molecule has 1 aliphatic heterocycles. The SMILES string of the molecule is CC(C)(C)c1ccn(-c2ccc(NCCN3CCOCC3)cc2)n1. The second kappa shape index (κ2) is 7.36. The van der Waals surface area contributed by atoms with Gasteiger partial charge < -0.3 is 10.1 Å². The van der Waals surface area contributed by atoms with E-state index in [1.807, 2.05) is 10.9 Å². The van der Waals surface area contributed by atoms with Gasteiger partial charge in [-0.2, -0.15) is 5.10 Å². The minimum atomic E-state index is 0.0756. The van der Waals surface area contributed by atoms with E-state index in [1.54, 1.807) is 0 Å². The molecule has 24 heavy (non-hydrogen) atoms. The van der Waals surface area contributed by atoms with Gasteiger partial charge in [-0.05, 0) is 30.3 Å². The number of benzene rings is 1. The van der Waals surface area contributed by atoms with Gasteiger partial charge in [0.25, 0.3) is 0 Å². The van der Waals surface area contributed by atoms with Crippen LogP contribution in [0.5, 0.6) is 0 Å². The Balaban J connectivity index is 1.54. The zero-order valence-electron chi connectivity index (χ0n) is 15.0. The lowest BCUT2D eigenvalue weighted by Crippen LogP contribution is -2.38. The molecule has 0 amide bonds. The van der Waals surface area contributed by atoms with Crippen molar-refractivity contribution in [2.24, 2.45) is 0 Å². The largest absolute Gasteiger partial charge is 0.384 e. The molecule has 1 fully saturated rings. The summed E-state index contributed by atoms with van der Waals surface area (Å²) in [7, 11) is 0. The minimum Gasteiger partial charge on any atom is -0.384 e. The van der Waals surface area contributed by atoms with Crippen molar-refractivity contribution in [1.29, 1.82) is 0 Å². The smallest absolute Gasteiger partial charge is 0.0682 e. The van der Waals surface area contributed by atoms with Gasteiger partial charge in [0.1, 0.15) is 0 Å². The molecule has 3 rings (SSSR count). The maximum Gasteiger partial charge on any atom is 0.0682 e. The van der Waals surface area contributed by atoms with Gasteiger partial charge in [-0.25, -0.2) is 4.68 Å². The monoisotopic (exact) mass is 328 g/mol. The Kier molecular flexibility index (Phi) is 5.21. The van der Waals surface area contributed by atoms with Gasteiger partial charge in [0, 0.05) is 43.5 Å². The summed E-state index contributed by atoms with van der Waals surface area (Å²) < 4.78 is 7.31. The number of anilines is 1. The van der Waals surface area contributed by atoms with Crippen molar-refractivity contribution >= 4 is 5.69 Å². The third kappa shape index (κ3) is 4.36. The third-order valence-electron chi connectivity index (χ3n) is 4.35. The molecular formula is C19H28N4O. The lowest BCUT2D eigenvalue weighted by molar-refractivity contribution is 0.0398. The van der Waals surface area contributed by atoms with Gasteiger partial charge in [-0.15, -0.1) is 0 Å². The second-order valence-electron chi connectivity index (χ2n) is 7.32. The van der Waals surface area contributed by atoms with Crippen LogP contribution < -0.4 is 5.32 Å². The van der Waals surface area contributed by atoms with E-state index in [9.17, 15) is 0 Å². The van der Waals surface area contributed by atoms with Crippen molar-refractivity contribution in [3.05, 3.63) is 42.2 Å². The fraction of sp³-hybridized carbons (Fsp3) is 0.526. The molecule has 0 radical (unpaired) electrons. The topological polar surface area (TPSA) is 42.3 Å². The molecule has 1 aromatic heterocycles. The Morgan fingerprint density at radius 1 is 1.08 bits per heavy atom. The van der Waals surface area contributed by atoms with Crippen LogP contribution in [0, 0.1) is 0 Å². The molecule has 0 spiro atoms. The number of morpholine rings is 1. The number of hydrogen-bond acceptors (Lipinski definition) is 4. The highest BCUT2D eigenvalue weighted by Crippen LogP contribution is 2.21. The summed E-state index contributed by atoms with van der Waals surface area (Å²) in [4.78, 5) is 2.43. The predicted molar refractivity (Wildman–Crippen MR) is 98.0 cm³/mol. The standard InChI is InChI=1S/C19H28N4O/c1-19(2,3)18-8-10-23(21-18)17-6-4-16(5-7-17)20-9-11-22-12-14-24-15-13-22/h4-8,10,20H,9,11-15H2,1-3H3. The molecule has 2 aromatic rings. The molecule has 0 aliphatic carbocycles. The van der Waals surface area contributed by atoms with Crippen LogP contribution in [0.4, 0.5) is 5.69 Å². The van der Waals surface area contributed by atoms with Gasteiger partial charge >= 0.3 is 0 Å². The second-order valence-corrected chi connectivity index (χ2v) is 7.32. The van der Waals surface area contributed by atoms with Crippen molar-refractivity contribution < 1.29 is 4.74 Å². The van der Waals surface area contributed by atoms with Crippen molar-refractivity contribution in [2.45, 2.75) is 26.2 Å². The van der Waals surface area contributed by atoms with Gasteiger partial charge in [-0.1, -0.05) is 20.8 Å². The number of nitrogens with zero attached hydrogens (tertiary/aromatic N) is 3. The number of aromatic nitrogens is 2. The van der Waals surface area contributed by atoms with Crippen molar-refractivity contribution in [3.8, 4) is 5.69 Å². The number of ether oxygens (including phenoxy) is 1. The Hall–Kier alpha value is -1.85. The molecule has 1 saturated heterocycles. The van der Waals surface area contributed by atoms with E-state index in [0.717, 1.165) is 56.5 Å². The molecule has 1 N–H and O–H groups in total. The Morgan fingerprint density at radius 3 is 2.42 bits per heavy atom. The Labute approximate surface area is 144 Å². The number of rotatable bonds is 5. The molecule has 5 heteroatoms. The molecule has 1 aliphatic rings. The van der Waals surface area contributed by atoms with Crippen LogP contribution >= 0.6 is 0 Å². The van der Waals surface area contributed by atoms with E-state index in [2.05, 4.69) is 66.4 Å². The van der Waals surface area contributed by atoms with Gasteiger partial charge in [-0.3, -0.25) is 4.90 Å². The summed E-state index contributed by atoms with van der Waals surface area (Å²) >= 11 is 0. The lowest BCUT2D eigenvalue weighted by atomic mass is 9.93. The molecule has 2 heterocycles. The van der Waals surface area contributed by atoms with E-state index in [0.29, 0.717) is 0 Å². The zero-order valence-corrected chi connectivity index (χ0v) is 15.0. The van der Waals surface area contributed by atoms with Crippen LogP contribution in [-0.2, 0) is 10.2 Å². The quantitative estimate of drug-likeness (QED) is 0.916. The van der Waals surface area contributed by atoms with E-state index < -0.39 is 0 Å². The third-order valence-corrected chi connectivity index (χ3v) is 4.35. The summed E-state index contributed by atoms with van der Waals surface area (Å²) in [5, 5.41) is 8.17. The maximum absolute atomic E-state index is 5.37. The first-order chi connectivity index (χ1) is 11.5. The van der Waals surface area contributed by atoms with E-state index >= 15 is 0 Å². The molecular weight excluding hydrogens is 300 g/mol. The highest BCUT2D eigenvalue weighted by atomic mass is 16.5. The number of nitrogens with one attached hydrogen (secondary N) is 1. The van der Waals surface area contributed by atoms with Crippen LogP contribution in [0.1, 0.15) is 26.5 Å². The molecule has 0 atom stereocenters. The lowest BCUT2D eigenvalue weighted by Gasteiger charge is -2.26. The normalized spacial score (nSPS) is 16.3. The van der Waals surface area contributed by atoms with Gasteiger partial charge in [0.05, 0.1) is 24.6 Å². The minimum absolute atomic E-state index is 0.0756. The van der Waals surface area contributed by atoms with E-state index in [-0.39, 0.29) is 5.41 Å². The van der Waals surface area contributed by atoms with Crippen molar-refractivity contribution in [3.63, 3.8) is 0 Å². The van der Waals surface area contributed by atoms with Crippen LogP contribution in [0.3, 0.4) is 0 Å². The molecule has 130 valence electrons. The number of hydrogen-bond donors (Lipinski definition) is 1. The average Bonchev–Trinajstić information content (AvgIpc) is 3.07. The average molecular weight is 328 g/mol. The summed E-state index contributed by atoms with van der Waals surface area (Å²) in [6, 6.07) is 10.5. The van der Waals surface area contributed by atoms with E-state index in [4.69, 9.17) is 4.74 Å². The van der Waals surface area contributed by atoms with Crippen LogP contribution in [0.25, 0.3) is 5.69 Å². The highest BCUT2D eigenvalue weighted by molar-refractivity contribution is 5.48. The summed E-state index contributed by atoms with van der Waals surface area (Å²) in [5.41, 5.74) is 3.42. The van der Waals surface area contributed by atoms with Crippen molar-refractivity contribution in [1.82, 2.24) is 14.7 Å². The van der Waals surface area contributed by atoms with Gasteiger partial charge in [0.15, 0.2) is 0 Å². The Morgan fingerprint density at radius 2 is 1.79 bits per heavy atom. The molecule has 0 unspecified atom stereocenters. The van der Waals surface area contributed by atoms with Crippen LogP contribution in [0.2, 0.25) is 0 Å². The maximum atomic E-state index is 5.37. The predicted octanol–water partition coefficient (Wildman–Crippen LogP) is 2.91. The summed E-state index contributed by atoms with van der Waals surface area (Å²) in [6.45, 7) is 12.3. The Bertz CT molecular complexity index is 636. The first kappa shape index (κ1) is 17.0. The fourth-order valence-corrected chi connectivity index (χ4v) is 2.78. The first-order valence-electron chi connectivity index (χ1n) is 8.73. The molecule has 0 bridgehead atoms. The van der Waals surface area contributed by atoms with Crippen LogP contribution in [0.15, 0.2) is 36.5 Å². The first-order valence-corrected chi connectivity index (χ1v) is 8.73. The molecule has 0 saturated carbocycles. The summed E-state index contributed by atoms with van der Waals surface area (Å²) in [6.07, 6.45) is 2.03. The molecule has 5 nitrogen and oxygen atoms in total.